The van der Waals surface area contributed by atoms with Gasteiger partial charge in [-0.3, -0.25) is 20.2 Å². The van der Waals surface area contributed by atoms with Crippen molar-refractivity contribution in [2.24, 2.45) is 0 Å². The number of nitro benzene ring substituents is 1. The van der Waals surface area contributed by atoms with Crippen LogP contribution in [0.5, 0.6) is 5.75 Å². The van der Waals surface area contributed by atoms with Crippen molar-refractivity contribution in [1.82, 2.24) is 9.97 Å². The molecular weight excluding hydrogens is 300 g/mol. The fourth-order valence-corrected chi connectivity index (χ4v) is 2.17. The maximum absolute atomic E-state index is 12.4. The average Bonchev–Trinajstić information content (AvgIpc) is 2.96. The Balaban J connectivity index is 1.94. The van der Waals surface area contributed by atoms with E-state index in [2.05, 4.69) is 15.3 Å². The minimum absolute atomic E-state index is 0.102. The summed E-state index contributed by atoms with van der Waals surface area (Å²) in [7, 11) is 1.42. The number of benzene rings is 2. The molecule has 1 aromatic heterocycles. The lowest BCUT2D eigenvalue weighted by atomic mass is 10.1. The van der Waals surface area contributed by atoms with Crippen LogP contribution in [0.3, 0.4) is 0 Å². The molecule has 0 atom stereocenters. The number of para-hydroxylation sites is 2. The number of nitrogens with one attached hydrogen (secondary N) is 2. The second-order valence-electron chi connectivity index (χ2n) is 4.70. The van der Waals surface area contributed by atoms with Crippen LogP contribution < -0.4 is 10.1 Å². The number of carbonyl (C=O) groups is 1. The first-order valence-electron chi connectivity index (χ1n) is 6.67. The van der Waals surface area contributed by atoms with Crippen LogP contribution in [-0.2, 0) is 0 Å². The van der Waals surface area contributed by atoms with Crippen molar-refractivity contribution in [2.75, 3.05) is 12.4 Å². The molecule has 0 aliphatic heterocycles. The van der Waals surface area contributed by atoms with Crippen molar-refractivity contribution in [3.05, 3.63) is 58.1 Å². The summed E-state index contributed by atoms with van der Waals surface area (Å²) >= 11 is 0. The number of H-pyrrole nitrogens is 1. The zero-order chi connectivity index (χ0) is 16.4. The maximum atomic E-state index is 12.4. The van der Waals surface area contributed by atoms with Gasteiger partial charge in [-0.1, -0.05) is 12.1 Å². The minimum atomic E-state index is -0.644. The molecule has 0 spiro atoms. The van der Waals surface area contributed by atoms with E-state index in [9.17, 15) is 14.9 Å². The molecule has 8 heteroatoms. The molecule has 0 aliphatic rings. The number of rotatable bonds is 4. The predicted molar refractivity (Wildman–Crippen MR) is 83.7 cm³/mol. The zero-order valence-electron chi connectivity index (χ0n) is 12.1. The van der Waals surface area contributed by atoms with Crippen molar-refractivity contribution < 1.29 is 14.5 Å². The van der Waals surface area contributed by atoms with Gasteiger partial charge in [0.2, 0.25) is 5.95 Å². The van der Waals surface area contributed by atoms with E-state index < -0.39 is 10.8 Å². The van der Waals surface area contributed by atoms with E-state index in [1.807, 2.05) is 18.2 Å². The number of carbonyl (C=O) groups excluding carboxylic acids is 1. The Morgan fingerprint density at radius 3 is 2.78 bits per heavy atom. The molecule has 2 aromatic carbocycles. The Labute approximate surface area is 130 Å². The van der Waals surface area contributed by atoms with E-state index in [0.29, 0.717) is 11.3 Å². The summed E-state index contributed by atoms with van der Waals surface area (Å²) < 4.78 is 5.01. The molecule has 0 fully saturated rings. The molecular formula is C15H12N4O4. The van der Waals surface area contributed by atoms with Crippen molar-refractivity contribution in [2.45, 2.75) is 0 Å². The Morgan fingerprint density at radius 2 is 2.09 bits per heavy atom. The number of hydrogen-bond acceptors (Lipinski definition) is 5. The third kappa shape index (κ3) is 2.82. The highest BCUT2D eigenvalue weighted by atomic mass is 16.6. The minimum Gasteiger partial charge on any atom is -0.497 e. The fraction of sp³-hybridized carbons (Fsp3) is 0.0667. The van der Waals surface area contributed by atoms with Crippen LogP contribution >= 0.6 is 0 Å². The number of aromatic nitrogens is 2. The summed E-state index contributed by atoms with van der Waals surface area (Å²) in [5.74, 6) is -0.0756. The lowest BCUT2D eigenvalue weighted by Gasteiger charge is -2.05. The summed E-state index contributed by atoms with van der Waals surface area (Å²) in [4.78, 5) is 30.0. The fourth-order valence-electron chi connectivity index (χ4n) is 2.17. The van der Waals surface area contributed by atoms with Crippen LogP contribution in [0.4, 0.5) is 11.6 Å². The van der Waals surface area contributed by atoms with Crippen molar-refractivity contribution in [3.8, 4) is 5.75 Å². The number of methoxy groups -OCH3 is 1. The van der Waals surface area contributed by atoms with Crippen LogP contribution in [0, 0.1) is 10.1 Å². The van der Waals surface area contributed by atoms with Gasteiger partial charge in [0, 0.05) is 6.07 Å². The van der Waals surface area contributed by atoms with Gasteiger partial charge in [0.25, 0.3) is 11.6 Å². The molecule has 0 unspecified atom stereocenters. The van der Waals surface area contributed by atoms with Gasteiger partial charge in [-0.15, -0.1) is 0 Å². The number of amides is 1. The number of nitro groups is 1. The molecule has 0 saturated heterocycles. The quantitative estimate of drug-likeness (QED) is 0.568. The van der Waals surface area contributed by atoms with Gasteiger partial charge in [0.15, 0.2) is 0 Å². The van der Waals surface area contributed by atoms with E-state index in [0.717, 1.165) is 5.52 Å². The molecule has 23 heavy (non-hydrogen) atoms. The van der Waals surface area contributed by atoms with Gasteiger partial charge >= 0.3 is 0 Å². The molecule has 8 nitrogen and oxygen atoms in total. The lowest BCUT2D eigenvalue weighted by molar-refractivity contribution is -0.385. The topological polar surface area (TPSA) is 110 Å². The third-order valence-corrected chi connectivity index (χ3v) is 3.27. The van der Waals surface area contributed by atoms with Gasteiger partial charge < -0.3 is 9.72 Å². The normalized spacial score (nSPS) is 10.5. The Morgan fingerprint density at radius 1 is 1.30 bits per heavy atom. The summed E-state index contributed by atoms with van der Waals surface area (Å²) in [6, 6.07) is 11.2. The van der Waals surface area contributed by atoms with Gasteiger partial charge in [0.1, 0.15) is 11.3 Å². The average molecular weight is 312 g/mol. The second-order valence-corrected chi connectivity index (χ2v) is 4.70. The van der Waals surface area contributed by atoms with Crippen LogP contribution in [0.1, 0.15) is 10.4 Å². The standard InChI is InChI=1S/C15H12N4O4/c1-23-9-6-7-13(19(21)22)10(8-9)14(20)18-15-16-11-4-2-3-5-12(11)17-15/h2-8H,1H3,(H2,16,17,18,20). The summed E-state index contributed by atoms with van der Waals surface area (Å²) in [6.45, 7) is 0. The molecule has 0 aliphatic carbocycles. The van der Waals surface area contributed by atoms with Crippen molar-refractivity contribution >= 4 is 28.6 Å². The molecule has 3 rings (SSSR count). The first-order valence-corrected chi connectivity index (χ1v) is 6.67. The van der Waals surface area contributed by atoms with E-state index in [-0.39, 0.29) is 17.2 Å². The first kappa shape index (κ1) is 14.5. The van der Waals surface area contributed by atoms with Crippen LogP contribution in [0.25, 0.3) is 11.0 Å². The molecule has 0 radical (unpaired) electrons. The number of imidazole rings is 1. The van der Waals surface area contributed by atoms with Gasteiger partial charge in [-0.2, -0.15) is 0 Å². The van der Waals surface area contributed by atoms with Crippen molar-refractivity contribution in [3.63, 3.8) is 0 Å². The second kappa shape index (κ2) is 5.76. The molecule has 1 amide bonds. The van der Waals surface area contributed by atoms with Crippen LogP contribution in [0.2, 0.25) is 0 Å². The molecule has 0 bridgehead atoms. The van der Waals surface area contributed by atoms with E-state index in [1.54, 1.807) is 6.07 Å². The predicted octanol–water partition coefficient (Wildman–Crippen LogP) is 2.73. The van der Waals surface area contributed by atoms with Gasteiger partial charge in [-0.05, 0) is 24.3 Å². The zero-order valence-corrected chi connectivity index (χ0v) is 12.1. The Bertz CT molecular complexity index is 870. The number of aromatic amines is 1. The molecule has 1 heterocycles. The Hall–Kier alpha value is -3.42. The number of fused-ring (bicyclic) bond motifs is 1. The highest BCUT2D eigenvalue weighted by Crippen LogP contribution is 2.25. The highest BCUT2D eigenvalue weighted by Gasteiger charge is 2.22. The lowest BCUT2D eigenvalue weighted by Crippen LogP contribution is -2.15. The maximum Gasteiger partial charge on any atom is 0.282 e. The molecule has 2 N–H and O–H groups in total. The van der Waals surface area contributed by atoms with Crippen LogP contribution in [-0.4, -0.2) is 27.9 Å². The molecule has 0 saturated carbocycles. The summed E-state index contributed by atoms with van der Waals surface area (Å²) in [5, 5.41) is 13.6. The number of nitrogens with zero attached hydrogens (tertiary/aromatic N) is 2. The van der Waals surface area contributed by atoms with Crippen LogP contribution in [0.15, 0.2) is 42.5 Å². The van der Waals surface area contributed by atoms with Gasteiger partial charge in [0.05, 0.1) is 23.1 Å². The number of anilines is 1. The molecule has 3 aromatic rings. The number of hydrogen-bond donors (Lipinski definition) is 2. The summed E-state index contributed by atoms with van der Waals surface area (Å²) in [5.41, 5.74) is 1.03. The van der Waals surface area contributed by atoms with Gasteiger partial charge in [-0.25, -0.2) is 4.98 Å². The highest BCUT2D eigenvalue weighted by molar-refractivity contribution is 6.07. The van der Waals surface area contributed by atoms with Crippen molar-refractivity contribution in [1.29, 1.82) is 0 Å². The smallest absolute Gasteiger partial charge is 0.282 e. The largest absolute Gasteiger partial charge is 0.497 e. The Kier molecular flexibility index (Phi) is 3.63. The first-order chi connectivity index (χ1) is 11.1. The SMILES string of the molecule is COc1ccc([N+](=O)[O-])c(C(=O)Nc2nc3ccccc3[nH]2)c1. The van der Waals surface area contributed by atoms with E-state index in [1.165, 1.54) is 25.3 Å². The van der Waals surface area contributed by atoms with E-state index >= 15 is 0 Å². The monoisotopic (exact) mass is 312 g/mol. The summed E-state index contributed by atoms with van der Waals surface area (Å²) in [6.07, 6.45) is 0. The molecule has 116 valence electrons. The number of ether oxygens (including phenoxy) is 1. The van der Waals surface area contributed by atoms with E-state index in [4.69, 9.17) is 4.74 Å². The third-order valence-electron chi connectivity index (χ3n) is 3.27.